The van der Waals surface area contributed by atoms with Crippen LogP contribution in [0.3, 0.4) is 0 Å². The van der Waals surface area contributed by atoms with Gasteiger partial charge in [0.05, 0.1) is 16.0 Å². The van der Waals surface area contributed by atoms with E-state index in [1.165, 1.54) is 4.88 Å². The lowest BCUT2D eigenvalue weighted by molar-refractivity contribution is 0.0277. The molecule has 0 radical (unpaired) electrons. The van der Waals surface area contributed by atoms with Crippen LogP contribution in [0.1, 0.15) is 11.3 Å². The zero-order valence-corrected chi connectivity index (χ0v) is 9.53. The molecule has 0 saturated carbocycles. The Hall–Kier alpha value is 0.1000. The normalized spacial score (nSPS) is 28.2. The Kier molecular flexibility index (Phi) is 2.74. The molecule has 1 fully saturated rings. The molecule has 4 heteroatoms. The highest BCUT2D eigenvalue weighted by molar-refractivity contribution is 9.11. The van der Waals surface area contributed by atoms with Gasteiger partial charge in [0.1, 0.15) is 0 Å². The standard InChI is InChI=1S/C9H11BrO2S/c10-8-2-1-7(13-8)5-9(11)3-4-12-6-9/h1-2,11H,3-6H2. The Labute approximate surface area is 89.7 Å². The van der Waals surface area contributed by atoms with Crippen molar-refractivity contribution in [2.45, 2.75) is 18.4 Å². The van der Waals surface area contributed by atoms with Crippen molar-refractivity contribution in [1.29, 1.82) is 0 Å². The molecule has 0 amide bonds. The molecule has 1 aliphatic rings. The fourth-order valence-corrected chi connectivity index (χ4v) is 3.13. The number of rotatable bonds is 2. The van der Waals surface area contributed by atoms with Gasteiger partial charge in [-0.05, 0) is 28.1 Å². The molecule has 1 unspecified atom stereocenters. The Balaban J connectivity index is 2.04. The van der Waals surface area contributed by atoms with Crippen LogP contribution in [0.15, 0.2) is 15.9 Å². The van der Waals surface area contributed by atoms with Crippen LogP contribution in [-0.2, 0) is 11.2 Å². The van der Waals surface area contributed by atoms with E-state index in [1.807, 2.05) is 12.1 Å². The number of aliphatic hydroxyl groups is 1. The lowest BCUT2D eigenvalue weighted by atomic mass is 9.98. The molecule has 0 bridgehead atoms. The summed E-state index contributed by atoms with van der Waals surface area (Å²) < 4.78 is 6.30. The third-order valence-electron chi connectivity index (χ3n) is 2.21. The van der Waals surface area contributed by atoms with Gasteiger partial charge in [-0.25, -0.2) is 0 Å². The van der Waals surface area contributed by atoms with E-state index in [1.54, 1.807) is 11.3 Å². The molecule has 1 aromatic heterocycles. The van der Waals surface area contributed by atoms with Crippen molar-refractivity contribution in [2.24, 2.45) is 0 Å². The molecule has 1 N–H and O–H groups in total. The lowest BCUT2D eigenvalue weighted by Crippen LogP contribution is -2.31. The highest BCUT2D eigenvalue weighted by atomic mass is 79.9. The molecule has 2 heterocycles. The molecule has 72 valence electrons. The molecule has 0 aliphatic carbocycles. The molecule has 1 aliphatic heterocycles. The van der Waals surface area contributed by atoms with E-state index in [-0.39, 0.29) is 0 Å². The minimum atomic E-state index is -0.621. The highest BCUT2D eigenvalue weighted by Gasteiger charge is 2.32. The van der Waals surface area contributed by atoms with Crippen molar-refractivity contribution >= 4 is 27.3 Å². The average molecular weight is 263 g/mol. The van der Waals surface area contributed by atoms with Crippen molar-refractivity contribution in [2.75, 3.05) is 13.2 Å². The van der Waals surface area contributed by atoms with Crippen LogP contribution < -0.4 is 0 Å². The number of halogens is 1. The van der Waals surface area contributed by atoms with Crippen LogP contribution in [0.25, 0.3) is 0 Å². The number of hydrogen-bond acceptors (Lipinski definition) is 3. The van der Waals surface area contributed by atoms with Gasteiger partial charge in [-0.15, -0.1) is 11.3 Å². The van der Waals surface area contributed by atoms with Crippen LogP contribution >= 0.6 is 27.3 Å². The first-order chi connectivity index (χ1) is 6.18. The van der Waals surface area contributed by atoms with Gasteiger partial charge in [-0.3, -0.25) is 0 Å². The van der Waals surface area contributed by atoms with Gasteiger partial charge in [0.15, 0.2) is 0 Å². The van der Waals surface area contributed by atoms with Gasteiger partial charge in [-0.1, -0.05) is 0 Å². The molecule has 2 nitrogen and oxygen atoms in total. The van der Waals surface area contributed by atoms with E-state index in [0.717, 1.165) is 10.2 Å². The molecule has 0 aromatic carbocycles. The van der Waals surface area contributed by atoms with Gasteiger partial charge in [0, 0.05) is 24.3 Å². The fourth-order valence-electron chi connectivity index (χ4n) is 1.51. The summed E-state index contributed by atoms with van der Waals surface area (Å²) in [6.45, 7) is 1.16. The SMILES string of the molecule is OC1(Cc2ccc(Br)s2)CCOC1. The fraction of sp³-hybridized carbons (Fsp3) is 0.556. The van der Waals surface area contributed by atoms with Crippen LogP contribution in [0.5, 0.6) is 0 Å². The predicted molar refractivity (Wildman–Crippen MR) is 56.1 cm³/mol. The molecule has 1 atom stereocenters. The topological polar surface area (TPSA) is 29.5 Å². The third-order valence-corrected chi connectivity index (χ3v) is 3.84. The molecular formula is C9H11BrO2S. The Morgan fingerprint density at radius 1 is 1.62 bits per heavy atom. The largest absolute Gasteiger partial charge is 0.387 e. The molecule has 2 rings (SSSR count). The van der Waals surface area contributed by atoms with Crippen molar-refractivity contribution in [3.05, 3.63) is 20.8 Å². The molecule has 1 saturated heterocycles. The van der Waals surface area contributed by atoms with Crippen LogP contribution in [-0.4, -0.2) is 23.9 Å². The Morgan fingerprint density at radius 2 is 2.46 bits per heavy atom. The van der Waals surface area contributed by atoms with Crippen molar-refractivity contribution in [1.82, 2.24) is 0 Å². The van der Waals surface area contributed by atoms with Gasteiger partial charge < -0.3 is 9.84 Å². The van der Waals surface area contributed by atoms with E-state index in [4.69, 9.17) is 4.74 Å². The van der Waals surface area contributed by atoms with E-state index < -0.39 is 5.60 Å². The Morgan fingerprint density at radius 3 is 3.00 bits per heavy atom. The molecule has 0 spiro atoms. The van der Waals surface area contributed by atoms with Gasteiger partial charge in [-0.2, -0.15) is 0 Å². The van der Waals surface area contributed by atoms with Crippen molar-refractivity contribution in [3.63, 3.8) is 0 Å². The smallest absolute Gasteiger partial charge is 0.0949 e. The number of thiophene rings is 1. The van der Waals surface area contributed by atoms with Crippen LogP contribution in [0.4, 0.5) is 0 Å². The maximum absolute atomic E-state index is 10.0. The van der Waals surface area contributed by atoms with Gasteiger partial charge in [0.2, 0.25) is 0 Å². The summed E-state index contributed by atoms with van der Waals surface area (Å²) in [6.07, 6.45) is 1.46. The van der Waals surface area contributed by atoms with Gasteiger partial charge in [0.25, 0.3) is 0 Å². The first-order valence-corrected chi connectivity index (χ1v) is 5.83. The second kappa shape index (κ2) is 3.69. The maximum Gasteiger partial charge on any atom is 0.0949 e. The summed E-state index contributed by atoms with van der Waals surface area (Å²) >= 11 is 5.08. The lowest BCUT2D eigenvalue weighted by Gasteiger charge is -2.18. The van der Waals surface area contributed by atoms with E-state index in [0.29, 0.717) is 19.6 Å². The summed E-state index contributed by atoms with van der Waals surface area (Å²) in [4.78, 5) is 1.21. The summed E-state index contributed by atoms with van der Waals surface area (Å²) in [6, 6.07) is 4.06. The summed E-state index contributed by atoms with van der Waals surface area (Å²) in [5.41, 5.74) is -0.621. The number of hydrogen-bond donors (Lipinski definition) is 1. The van der Waals surface area contributed by atoms with E-state index >= 15 is 0 Å². The maximum atomic E-state index is 10.0. The van der Waals surface area contributed by atoms with E-state index in [9.17, 15) is 5.11 Å². The molecular weight excluding hydrogens is 252 g/mol. The minimum absolute atomic E-state index is 0.475. The second-order valence-electron chi connectivity index (χ2n) is 3.41. The predicted octanol–water partition coefficient (Wildman–Crippen LogP) is 2.20. The second-order valence-corrected chi connectivity index (χ2v) is 5.96. The zero-order valence-electron chi connectivity index (χ0n) is 7.12. The quantitative estimate of drug-likeness (QED) is 0.886. The van der Waals surface area contributed by atoms with Crippen LogP contribution in [0.2, 0.25) is 0 Å². The summed E-state index contributed by atoms with van der Waals surface area (Å²) in [7, 11) is 0. The molecule has 13 heavy (non-hydrogen) atoms. The summed E-state index contributed by atoms with van der Waals surface area (Å²) in [5, 5.41) is 10.0. The monoisotopic (exact) mass is 262 g/mol. The first-order valence-electron chi connectivity index (χ1n) is 4.22. The number of ether oxygens (including phenoxy) is 1. The highest BCUT2D eigenvalue weighted by Crippen LogP contribution is 2.29. The third kappa shape index (κ3) is 2.31. The first kappa shape index (κ1) is 9.65. The Bertz CT molecular complexity index is 292. The minimum Gasteiger partial charge on any atom is -0.387 e. The zero-order chi connectivity index (χ0) is 9.31. The van der Waals surface area contributed by atoms with Gasteiger partial charge >= 0.3 is 0 Å². The summed E-state index contributed by atoms with van der Waals surface area (Å²) in [5.74, 6) is 0. The van der Waals surface area contributed by atoms with Crippen molar-refractivity contribution in [3.8, 4) is 0 Å². The van der Waals surface area contributed by atoms with Crippen molar-refractivity contribution < 1.29 is 9.84 Å². The van der Waals surface area contributed by atoms with Crippen LogP contribution in [0, 0.1) is 0 Å². The van der Waals surface area contributed by atoms with E-state index in [2.05, 4.69) is 15.9 Å². The average Bonchev–Trinajstić information content (AvgIpc) is 2.62. The molecule has 1 aromatic rings.